The van der Waals surface area contributed by atoms with Crippen LogP contribution in [0.1, 0.15) is 53.6 Å². The molecular formula is C25H30F3N3O2. The lowest BCUT2D eigenvalue weighted by molar-refractivity contribution is -0.137. The summed E-state index contributed by atoms with van der Waals surface area (Å²) in [6.45, 7) is 2.21. The van der Waals surface area contributed by atoms with Crippen LogP contribution in [-0.4, -0.2) is 48.7 Å². The van der Waals surface area contributed by atoms with Crippen LogP contribution in [0.25, 0.3) is 0 Å². The number of nitrogens with zero attached hydrogens (tertiary/aromatic N) is 2. The lowest BCUT2D eigenvalue weighted by atomic mass is 9.93. The van der Waals surface area contributed by atoms with Crippen LogP contribution in [0.15, 0.2) is 59.8 Å². The van der Waals surface area contributed by atoms with E-state index >= 15 is 0 Å². The van der Waals surface area contributed by atoms with Gasteiger partial charge >= 0.3 is 6.18 Å². The fourth-order valence-corrected chi connectivity index (χ4v) is 4.07. The summed E-state index contributed by atoms with van der Waals surface area (Å²) in [5.41, 5.74) is 6.86. The zero-order valence-corrected chi connectivity index (χ0v) is 18.6. The summed E-state index contributed by atoms with van der Waals surface area (Å²) >= 11 is 0. The van der Waals surface area contributed by atoms with Gasteiger partial charge in [0.05, 0.1) is 17.3 Å². The molecule has 178 valence electrons. The Kier molecular flexibility index (Phi) is 9.03. The van der Waals surface area contributed by atoms with Gasteiger partial charge in [-0.15, -0.1) is 0 Å². The smallest absolute Gasteiger partial charge is 0.394 e. The largest absolute Gasteiger partial charge is 0.416 e. The Morgan fingerprint density at radius 3 is 2.45 bits per heavy atom. The second-order valence-electron chi connectivity index (χ2n) is 8.12. The van der Waals surface area contributed by atoms with E-state index in [4.69, 9.17) is 10.6 Å². The highest BCUT2D eigenvalue weighted by Crippen LogP contribution is 2.30. The van der Waals surface area contributed by atoms with Gasteiger partial charge in [-0.3, -0.25) is 9.69 Å². The van der Waals surface area contributed by atoms with Crippen LogP contribution in [0.3, 0.4) is 0 Å². The van der Waals surface area contributed by atoms with Gasteiger partial charge in [-0.25, -0.2) is 0 Å². The van der Waals surface area contributed by atoms with E-state index in [1.165, 1.54) is 12.1 Å². The second-order valence-corrected chi connectivity index (χ2v) is 8.12. The fraction of sp³-hybridized carbons (Fsp3) is 0.440. The molecule has 2 aromatic rings. The van der Waals surface area contributed by atoms with Gasteiger partial charge in [-0.2, -0.15) is 13.2 Å². The Morgan fingerprint density at radius 1 is 1.06 bits per heavy atom. The molecule has 1 heterocycles. The number of ketones is 1. The van der Waals surface area contributed by atoms with Gasteiger partial charge in [0, 0.05) is 12.1 Å². The van der Waals surface area contributed by atoms with E-state index < -0.39 is 11.7 Å². The number of hydrogen-bond donors (Lipinski definition) is 1. The quantitative estimate of drug-likeness (QED) is 0.236. The molecule has 0 amide bonds. The number of rotatable bonds is 10. The van der Waals surface area contributed by atoms with E-state index in [1.807, 2.05) is 30.3 Å². The Labute approximate surface area is 192 Å². The Balaban J connectivity index is 1.64. The van der Waals surface area contributed by atoms with Gasteiger partial charge in [0.25, 0.3) is 0 Å². The van der Waals surface area contributed by atoms with Gasteiger partial charge in [0.15, 0.2) is 5.78 Å². The van der Waals surface area contributed by atoms with Crippen molar-refractivity contribution < 1.29 is 22.8 Å². The van der Waals surface area contributed by atoms with Crippen molar-refractivity contribution in [3.63, 3.8) is 0 Å². The number of benzene rings is 2. The van der Waals surface area contributed by atoms with E-state index in [2.05, 4.69) is 10.1 Å². The minimum absolute atomic E-state index is 0.119. The molecule has 5 nitrogen and oxygen atoms in total. The van der Waals surface area contributed by atoms with Crippen LogP contribution in [0.2, 0.25) is 0 Å². The standard InChI is InChI=1S/C25H30F3N3O2/c26-25(27,28)21-13-11-20(12-14-21)24(32)23-10-4-5-16-31(23)17-6-9-22(30-33-18-15-29)19-7-2-1-3-8-19/h1-3,7-8,11-14,23H,4-6,9-10,15-18,29H2/b30-22-. The van der Waals surface area contributed by atoms with Crippen LogP contribution < -0.4 is 5.73 Å². The number of Topliss-reactive ketones (excluding diaryl/α,β-unsaturated/α-hetero) is 1. The van der Waals surface area contributed by atoms with Crippen LogP contribution in [0.5, 0.6) is 0 Å². The number of oxime groups is 1. The van der Waals surface area contributed by atoms with E-state index in [1.54, 1.807) is 0 Å². The molecule has 3 rings (SSSR count). The summed E-state index contributed by atoms with van der Waals surface area (Å²) in [4.78, 5) is 20.5. The van der Waals surface area contributed by atoms with E-state index in [9.17, 15) is 18.0 Å². The van der Waals surface area contributed by atoms with E-state index in [0.29, 0.717) is 38.1 Å². The maximum absolute atomic E-state index is 13.1. The predicted octanol–water partition coefficient (Wildman–Crippen LogP) is 4.90. The fourth-order valence-electron chi connectivity index (χ4n) is 4.07. The molecule has 1 aliphatic heterocycles. The molecule has 8 heteroatoms. The topological polar surface area (TPSA) is 67.9 Å². The summed E-state index contributed by atoms with van der Waals surface area (Å²) < 4.78 is 38.5. The second kappa shape index (κ2) is 12.0. The summed E-state index contributed by atoms with van der Waals surface area (Å²) in [5.74, 6) is -0.119. The number of carbonyl (C=O) groups excluding carboxylic acids is 1. The average molecular weight is 462 g/mol. The average Bonchev–Trinajstić information content (AvgIpc) is 2.83. The molecule has 1 unspecified atom stereocenters. The number of nitrogens with two attached hydrogens (primary N) is 1. The molecule has 0 aliphatic carbocycles. The highest BCUT2D eigenvalue weighted by molar-refractivity contribution is 6.00. The molecule has 1 fully saturated rings. The molecule has 33 heavy (non-hydrogen) atoms. The van der Waals surface area contributed by atoms with Gasteiger partial charge in [0.2, 0.25) is 0 Å². The molecule has 2 N–H and O–H groups in total. The van der Waals surface area contributed by atoms with Crippen molar-refractivity contribution in [3.8, 4) is 0 Å². The van der Waals surface area contributed by atoms with Gasteiger partial charge in [-0.05, 0) is 56.5 Å². The van der Waals surface area contributed by atoms with Crippen molar-refractivity contribution in [1.29, 1.82) is 0 Å². The Bertz CT molecular complexity index is 915. The lowest BCUT2D eigenvalue weighted by Crippen LogP contribution is -2.45. The molecule has 1 atom stereocenters. The summed E-state index contributed by atoms with van der Waals surface area (Å²) in [7, 11) is 0. The van der Waals surface area contributed by atoms with E-state index in [0.717, 1.165) is 49.2 Å². The van der Waals surface area contributed by atoms with Crippen LogP contribution in [-0.2, 0) is 11.0 Å². The molecule has 0 radical (unpaired) electrons. The molecule has 0 saturated carbocycles. The third-order valence-corrected chi connectivity index (χ3v) is 5.76. The molecular weight excluding hydrogens is 431 g/mol. The summed E-state index contributed by atoms with van der Waals surface area (Å²) in [6, 6.07) is 14.0. The zero-order valence-electron chi connectivity index (χ0n) is 18.6. The number of carbonyl (C=O) groups is 1. The molecule has 0 aromatic heterocycles. The first-order chi connectivity index (χ1) is 15.9. The maximum atomic E-state index is 13.1. The highest BCUT2D eigenvalue weighted by Gasteiger charge is 2.32. The molecule has 1 aliphatic rings. The number of halogens is 3. The van der Waals surface area contributed by atoms with Gasteiger partial charge in [-0.1, -0.05) is 54.0 Å². The number of alkyl halides is 3. The molecule has 0 bridgehead atoms. The number of hydrogen-bond acceptors (Lipinski definition) is 5. The van der Waals surface area contributed by atoms with Crippen LogP contribution in [0.4, 0.5) is 13.2 Å². The number of likely N-dealkylation sites (tertiary alicyclic amines) is 1. The van der Waals surface area contributed by atoms with Gasteiger partial charge in [0.1, 0.15) is 6.61 Å². The van der Waals surface area contributed by atoms with Crippen molar-refractivity contribution in [3.05, 3.63) is 71.3 Å². The van der Waals surface area contributed by atoms with Crippen molar-refractivity contribution in [1.82, 2.24) is 4.90 Å². The normalized spacial score (nSPS) is 17.7. The van der Waals surface area contributed by atoms with Gasteiger partial charge < -0.3 is 10.6 Å². The van der Waals surface area contributed by atoms with Crippen molar-refractivity contribution >= 4 is 11.5 Å². The zero-order chi connectivity index (χ0) is 23.7. The van der Waals surface area contributed by atoms with Crippen LogP contribution >= 0.6 is 0 Å². The molecule has 2 aromatic carbocycles. The van der Waals surface area contributed by atoms with Crippen molar-refractivity contribution in [2.75, 3.05) is 26.2 Å². The minimum Gasteiger partial charge on any atom is -0.394 e. The Morgan fingerprint density at radius 2 is 1.79 bits per heavy atom. The Hall–Kier alpha value is -2.71. The first-order valence-electron chi connectivity index (χ1n) is 11.3. The third kappa shape index (κ3) is 7.14. The minimum atomic E-state index is -4.41. The summed E-state index contributed by atoms with van der Waals surface area (Å²) in [6.07, 6.45) is -0.334. The molecule has 1 saturated heterocycles. The predicted molar refractivity (Wildman–Crippen MR) is 122 cm³/mol. The lowest BCUT2D eigenvalue weighted by Gasteiger charge is -2.34. The van der Waals surface area contributed by atoms with Crippen LogP contribution in [0, 0.1) is 0 Å². The van der Waals surface area contributed by atoms with Crippen molar-refractivity contribution in [2.45, 2.75) is 44.3 Å². The molecule has 0 spiro atoms. The number of piperidine rings is 1. The summed E-state index contributed by atoms with van der Waals surface area (Å²) in [5, 5.41) is 4.26. The monoisotopic (exact) mass is 461 g/mol. The SMILES string of the molecule is NCCO/N=C(/CCCN1CCCCC1C(=O)c1ccc(C(F)(F)F)cc1)c1ccccc1. The van der Waals surface area contributed by atoms with E-state index in [-0.39, 0.29) is 11.8 Å². The first kappa shape index (κ1) is 24.9. The first-order valence-corrected chi connectivity index (χ1v) is 11.3. The third-order valence-electron chi connectivity index (χ3n) is 5.76. The van der Waals surface area contributed by atoms with Crippen molar-refractivity contribution in [2.24, 2.45) is 10.9 Å². The maximum Gasteiger partial charge on any atom is 0.416 e. The highest BCUT2D eigenvalue weighted by atomic mass is 19.4.